The highest BCUT2D eigenvalue weighted by Crippen LogP contribution is 2.29. The maximum atomic E-state index is 13.3. The Morgan fingerprint density at radius 3 is 2.39 bits per heavy atom. The molecule has 31 heavy (non-hydrogen) atoms. The number of carbonyl (C=O) groups excluding carboxylic acids is 1. The number of methoxy groups -OCH3 is 1. The molecule has 0 spiro atoms. The summed E-state index contributed by atoms with van der Waals surface area (Å²) in [5, 5.41) is 3.42. The normalized spacial score (nSPS) is 11.4. The number of hydrogen-bond acceptors (Lipinski definition) is 8. The van der Waals surface area contributed by atoms with Gasteiger partial charge in [0.2, 0.25) is 11.6 Å². The fourth-order valence-electron chi connectivity index (χ4n) is 2.93. The predicted octanol–water partition coefficient (Wildman–Crippen LogP) is 3.12. The molecule has 0 unspecified atom stereocenters. The molecule has 158 valence electrons. The van der Waals surface area contributed by atoms with Crippen molar-refractivity contribution < 1.29 is 22.4 Å². The van der Waals surface area contributed by atoms with Crippen LogP contribution in [0.5, 0.6) is 0 Å². The number of aryl methyl sites for hydroxylation is 1. The minimum Gasteiger partial charge on any atom is -0.464 e. The molecule has 0 saturated carbocycles. The smallest absolute Gasteiger partial charge is 0.361 e. The summed E-state index contributed by atoms with van der Waals surface area (Å²) in [6.07, 6.45) is 0. The van der Waals surface area contributed by atoms with Crippen LogP contribution in [-0.2, 0) is 14.8 Å². The molecule has 0 aliphatic carbocycles. The molecule has 0 radical (unpaired) electrons. The Labute approximate surface area is 178 Å². The van der Waals surface area contributed by atoms with Crippen LogP contribution in [0.3, 0.4) is 0 Å². The Hall–Kier alpha value is -3.92. The summed E-state index contributed by atoms with van der Waals surface area (Å²) in [7, 11) is -3.37. The zero-order chi connectivity index (χ0) is 22.2. The molecule has 2 aromatic heterocycles. The highest BCUT2D eigenvalue weighted by molar-refractivity contribution is 7.89. The van der Waals surface area contributed by atoms with Crippen molar-refractivity contribution in [2.75, 3.05) is 12.8 Å². The van der Waals surface area contributed by atoms with Gasteiger partial charge in [-0.2, -0.15) is 13.5 Å². The average Bonchev–Trinajstić information content (AvgIpc) is 3.39. The van der Waals surface area contributed by atoms with Crippen LogP contribution in [0.4, 0.5) is 5.82 Å². The molecule has 9 nitrogen and oxygen atoms in total. The number of hydrogen-bond donors (Lipinski definition) is 1. The summed E-state index contributed by atoms with van der Waals surface area (Å²) in [6, 6.07) is 17.3. The molecule has 10 heteroatoms. The second kappa shape index (κ2) is 7.73. The van der Waals surface area contributed by atoms with Crippen LogP contribution in [0.15, 0.2) is 70.2 Å². The Morgan fingerprint density at radius 2 is 1.74 bits per heavy atom. The lowest BCUT2D eigenvalue weighted by Crippen LogP contribution is -2.19. The second-order valence-corrected chi connectivity index (χ2v) is 8.35. The molecule has 4 rings (SSSR count). The molecule has 2 heterocycles. The predicted molar refractivity (Wildman–Crippen MR) is 113 cm³/mol. The van der Waals surface area contributed by atoms with Crippen LogP contribution in [0.25, 0.3) is 22.7 Å². The number of anilines is 1. The number of aromatic nitrogens is 3. The standard InChI is InChI=1S/C21H18N4O5S/c1-13-8-10-14(11-9-13)16-12-17(22)25(24-16)31(27,28)21-18(20(26)29-2)23-19(30-21)15-6-4-3-5-7-15/h3-12H,22H2,1-2H3. The first-order chi connectivity index (χ1) is 14.8. The van der Waals surface area contributed by atoms with E-state index in [-0.39, 0.29) is 11.7 Å². The lowest BCUT2D eigenvalue weighted by molar-refractivity contribution is 0.0587. The Kier molecular flexibility index (Phi) is 5.07. The molecule has 0 atom stereocenters. The van der Waals surface area contributed by atoms with Crippen molar-refractivity contribution in [1.29, 1.82) is 0 Å². The zero-order valence-electron chi connectivity index (χ0n) is 16.6. The van der Waals surface area contributed by atoms with Crippen LogP contribution >= 0.6 is 0 Å². The third-order valence-electron chi connectivity index (χ3n) is 4.51. The van der Waals surface area contributed by atoms with Crippen LogP contribution in [0, 0.1) is 6.92 Å². The molecule has 0 aliphatic rings. The van der Waals surface area contributed by atoms with Gasteiger partial charge in [-0.1, -0.05) is 48.0 Å². The van der Waals surface area contributed by atoms with E-state index in [1.807, 2.05) is 19.1 Å². The summed E-state index contributed by atoms with van der Waals surface area (Å²) in [4.78, 5) is 16.3. The van der Waals surface area contributed by atoms with Gasteiger partial charge in [-0.15, -0.1) is 4.09 Å². The quantitative estimate of drug-likeness (QED) is 0.470. The van der Waals surface area contributed by atoms with Crippen molar-refractivity contribution in [2.24, 2.45) is 0 Å². The number of rotatable bonds is 5. The third kappa shape index (κ3) is 3.68. The van der Waals surface area contributed by atoms with Gasteiger partial charge in [-0.3, -0.25) is 0 Å². The summed E-state index contributed by atoms with van der Waals surface area (Å²) in [5.74, 6) is -1.16. The van der Waals surface area contributed by atoms with E-state index in [1.54, 1.807) is 42.5 Å². The number of oxazole rings is 1. The minimum absolute atomic E-state index is 0.0518. The highest BCUT2D eigenvalue weighted by Gasteiger charge is 2.34. The Bertz CT molecular complexity index is 1360. The van der Waals surface area contributed by atoms with Crippen molar-refractivity contribution in [3.05, 3.63) is 71.9 Å². The van der Waals surface area contributed by atoms with Crippen LogP contribution in [0.2, 0.25) is 0 Å². The number of nitrogen functional groups attached to an aromatic ring is 1. The fourth-order valence-corrected chi connectivity index (χ4v) is 4.17. The van der Waals surface area contributed by atoms with E-state index >= 15 is 0 Å². The molecular formula is C21H18N4O5S. The molecule has 0 saturated heterocycles. The van der Waals surface area contributed by atoms with E-state index in [0.29, 0.717) is 20.9 Å². The topological polar surface area (TPSA) is 130 Å². The average molecular weight is 438 g/mol. The van der Waals surface area contributed by atoms with Gasteiger partial charge < -0.3 is 14.9 Å². The van der Waals surface area contributed by atoms with Gasteiger partial charge in [0.15, 0.2) is 0 Å². The molecule has 0 aliphatic heterocycles. The molecular weight excluding hydrogens is 420 g/mol. The van der Waals surface area contributed by atoms with Crippen LogP contribution in [0.1, 0.15) is 16.1 Å². The molecule has 0 bridgehead atoms. The lowest BCUT2D eigenvalue weighted by Gasteiger charge is -2.04. The van der Waals surface area contributed by atoms with E-state index in [2.05, 4.69) is 14.8 Å². The van der Waals surface area contributed by atoms with Gasteiger partial charge in [-0.05, 0) is 19.1 Å². The zero-order valence-corrected chi connectivity index (χ0v) is 17.5. The first kappa shape index (κ1) is 20.4. The molecule has 2 N–H and O–H groups in total. The van der Waals surface area contributed by atoms with E-state index < -0.39 is 26.8 Å². The summed E-state index contributed by atoms with van der Waals surface area (Å²) in [6.45, 7) is 1.93. The van der Waals surface area contributed by atoms with Crippen molar-refractivity contribution >= 4 is 21.8 Å². The number of ether oxygens (including phenoxy) is 1. The van der Waals surface area contributed by atoms with Crippen molar-refractivity contribution in [3.8, 4) is 22.7 Å². The maximum Gasteiger partial charge on any atom is 0.361 e. The van der Waals surface area contributed by atoms with E-state index in [9.17, 15) is 13.2 Å². The second-order valence-electron chi connectivity index (χ2n) is 6.68. The number of esters is 1. The number of carbonyl (C=O) groups is 1. The number of nitrogens with two attached hydrogens (primary N) is 1. The highest BCUT2D eigenvalue weighted by atomic mass is 32.2. The number of benzene rings is 2. The maximum absolute atomic E-state index is 13.3. The first-order valence-electron chi connectivity index (χ1n) is 9.14. The minimum atomic E-state index is -4.49. The van der Waals surface area contributed by atoms with Crippen molar-refractivity contribution in [1.82, 2.24) is 14.2 Å². The molecule has 2 aromatic carbocycles. The molecule has 0 fully saturated rings. The Morgan fingerprint density at radius 1 is 1.06 bits per heavy atom. The summed E-state index contributed by atoms with van der Waals surface area (Å²) >= 11 is 0. The van der Waals surface area contributed by atoms with Gasteiger partial charge in [0.25, 0.3) is 5.09 Å². The van der Waals surface area contributed by atoms with E-state index in [1.165, 1.54) is 6.07 Å². The molecule has 0 amide bonds. The summed E-state index contributed by atoms with van der Waals surface area (Å²) in [5.41, 5.74) is 8.02. The largest absolute Gasteiger partial charge is 0.464 e. The van der Waals surface area contributed by atoms with E-state index in [0.717, 1.165) is 12.7 Å². The fraction of sp³-hybridized carbons (Fsp3) is 0.0952. The SMILES string of the molecule is COC(=O)c1nc(-c2ccccc2)oc1S(=O)(=O)n1nc(-c2ccc(C)cc2)cc1N. The van der Waals surface area contributed by atoms with Gasteiger partial charge in [0.05, 0.1) is 12.8 Å². The summed E-state index contributed by atoms with van der Waals surface area (Å²) < 4.78 is 37.5. The lowest BCUT2D eigenvalue weighted by atomic mass is 10.1. The van der Waals surface area contributed by atoms with Gasteiger partial charge in [0.1, 0.15) is 5.82 Å². The monoisotopic (exact) mass is 438 g/mol. The van der Waals surface area contributed by atoms with Gasteiger partial charge >= 0.3 is 16.0 Å². The van der Waals surface area contributed by atoms with Crippen molar-refractivity contribution in [2.45, 2.75) is 12.0 Å². The van der Waals surface area contributed by atoms with E-state index in [4.69, 9.17) is 10.2 Å². The van der Waals surface area contributed by atoms with Crippen LogP contribution < -0.4 is 5.73 Å². The third-order valence-corrected chi connectivity index (χ3v) is 6.00. The molecule has 4 aromatic rings. The Balaban J connectivity index is 1.84. The van der Waals surface area contributed by atoms with Crippen LogP contribution in [-0.4, -0.2) is 35.7 Å². The van der Waals surface area contributed by atoms with Gasteiger partial charge in [0, 0.05) is 17.2 Å². The first-order valence-corrected chi connectivity index (χ1v) is 10.6. The number of nitrogens with zero attached hydrogens (tertiary/aromatic N) is 3. The van der Waals surface area contributed by atoms with Gasteiger partial charge in [-0.25, -0.2) is 9.78 Å². The van der Waals surface area contributed by atoms with Crippen molar-refractivity contribution in [3.63, 3.8) is 0 Å².